The Morgan fingerprint density at radius 3 is 2.88 bits per heavy atom. The standard InChI is InChI=1S/C19H21N5/c1-12-8-9-24(12)19-21-15-5-3-4-14(15)18(22-19)13-6-7-16-17(10-13)23(2)11-20-16/h6-7,10-12H,3-5,8-9H2,1-2H3/t12-/m0/s1. The first-order valence-corrected chi connectivity index (χ1v) is 8.78. The Morgan fingerprint density at radius 1 is 1.17 bits per heavy atom. The smallest absolute Gasteiger partial charge is 0.226 e. The van der Waals surface area contributed by atoms with Gasteiger partial charge in [-0.1, -0.05) is 6.07 Å². The van der Waals surface area contributed by atoms with Gasteiger partial charge in [0.25, 0.3) is 0 Å². The zero-order valence-corrected chi connectivity index (χ0v) is 14.2. The van der Waals surface area contributed by atoms with Crippen molar-refractivity contribution in [2.75, 3.05) is 11.4 Å². The fourth-order valence-electron chi connectivity index (χ4n) is 3.87. The van der Waals surface area contributed by atoms with Crippen LogP contribution in [0.4, 0.5) is 5.95 Å². The Kier molecular flexibility index (Phi) is 2.93. The van der Waals surface area contributed by atoms with E-state index in [-0.39, 0.29) is 0 Å². The van der Waals surface area contributed by atoms with Crippen LogP contribution in [0.15, 0.2) is 24.5 Å². The van der Waals surface area contributed by atoms with Gasteiger partial charge in [0, 0.05) is 36.5 Å². The van der Waals surface area contributed by atoms with Gasteiger partial charge >= 0.3 is 0 Å². The van der Waals surface area contributed by atoms with E-state index >= 15 is 0 Å². The lowest BCUT2D eigenvalue weighted by atomic mass is 10.0. The molecule has 0 saturated carbocycles. The van der Waals surface area contributed by atoms with Crippen molar-refractivity contribution in [3.63, 3.8) is 0 Å². The Bertz CT molecular complexity index is 942. The Labute approximate surface area is 141 Å². The number of hydrogen-bond donors (Lipinski definition) is 0. The number of nitrogens with zero attached hydrogens (tertiary/aromatic N) is 5. The zero-order chi connectivity index (χ0) is 16.3. The van der Waals surface area contributed by atoms with E-state index in [1.807, 2.05) is 13.4 Å². The lowest BCUT2D eigenvalue weighted by molar-refractivity contribution is 0.470. The van der Waals surface area contributed by atoms with Crippen LogP contribution in [0.1, 0.15) is 31.0 Å². The average Bonchev–Trinajstić information content (AvgIpc) is 3.19. The molecule has 1 aromatic carbocycles. The van der Waals surface area contributed by atoms with E-state index in [9.17, 15) is 0 Å². The van der Waals surface area contributed by atoms with E-state index in [0.717, 1.165) is 42.1 Å². The Hall–Kier alpha value is -2.43. The second kappa shape index (κ2) is 5.03. The van der Waals surface area contributed by atoms with Crippen LogP contribution in [0.2, 0.25) is 0 Å². The summed E-state index contributed by atoms with van der Waals surface area (Å²) in [4.78, 5) is 16.6. The third-order valence-corrected chi connectivity index (χ3v) is 5.50. The molecule has 1 fully saturated rings. The average molecular weight is 319 g/mol. The maximum absolute atomic E-state index is 4.99. The third kappa shape index (κ3) is 1.97. The summed E-state index contributed by atoms with van der Waals surface area (Å²) >= 11 is 0. The largest absolute Gasteiger partial charge is 0.338 e. The molecule has 0 unspecified atom stereocenters. The first-order chi connectivity index (χ1) is 11.7. The number of rotatable bonds is 2. The van der Waals surface area contributed by atoms with E-state index in [1.165, 1.54) is 29.7 Å². The molecule has 5 nitrogen and oxygen atoms in total. The second-order valence-corrected chi connectivity index (χ2v) is 7.04. The molecule has 3 heterocycles. The Morgan fingerprint density at radius 2 is 2.08 bits per heavy atom. The van der Waals surface area contributed by atoms with Crippen LogP contribution in [0.5, 0.6) is 0 Å². The monoisotopic (exact) mass is 319 g/mol. The molecule has 0 spiro atoms. The minimum absolute atomic E-state index is 0.553. The van der Waals surface area contributed by atoms with Crippen molar-refractivity contribution in [2.45, 2.75) is 38.6 Å². The van der Waals surface area contributed by atoms with Gasteiger partial charge in [0.05, 0.1) is 23.1 Å². The van der Waals surface area contributed by atoms with Gasteiger partial charge in [0.2, 0.25) is 5.95 Å². The van der Waals surface area contributed by atoms with Crippen LogP contribution in [0.25, 0.3) is 22.3 Å². The lowest BCUT2D eigenvalue weighted by Gasteiger charge is -2.39. The van der Waals surface area contributed by atoms with Gasteiger partial charge in [-0.25, -0.2) is 15.0 Å². The van der Waals surface area contributed by atoms with Gasteiger partial charge in [0.15, 0.2) is 0 Å². The summed E-state index contributed by atoms with van der Waals surface area (Å²) in [5, 5.41) is 0. The van der Waals surface area contributed by atoms with Gasteiger partial charge in [-0.05, 0) is 44.7 Å². The molecular weight excluding hydrogens is 298 g/mol. The molecule has 1 aliphatic heterocycles. The molecule has 0 amide bonds. The number of aromatic nitrogens is 4. The number of benzene rings is 1. The summed E-state index contributed by atoms with van der Waals surface area (Å²) in [6.07, 6.45) is 6.45. The summed E-state index contributed by atoms with van der Waals surface area (Å²) < 4.78 is 2.07. The number of fused-ring (bicyclic) bond motifs is 2. The third-order valence-electron chi connectivity index (χ3n) is 5.50. The van der Waals surface area contributed by atoms with Crippen molar-refractivity contribution >= 4 is 17.0 Å². The second-order valence-electron chi connectivity index (χ2n) is 7.04. The minimum atomic E-state index is 0.553. The quantitative estimate of drug-likeness (QED) is 0.728. The maximum atomic E-state index is 4.99. The molecule has 3 aromatic rings. The van der Waals surface area contributed by atoms with E-state index in [0.29, 0.717) is 6.04 Å². The topological polar surface area (TPSA) is 46.8 Å². The van der Waals surface area contributed by atoms with Crippen molar-refractivity contribution in [3.05, 3.63) is 35.8 Å². The van der Waals surface area contributed by atoms with Crippen molar-refractivity contribution in [3.8, 4) is 11.3 Å². The van der Waals surface area contributed by atoms with Crippen molar-refractivity contribution in [1.82, 2.24) is 19.5 Å². The summed E-state index contributed by atoms with van der Waals surface area (Å²) in [5.74, 6) is 0.912. The minimum Gasteiger partial charge on any atom is -0.338 e. The van der Waals surface area contributed by atoms with Crippen LogP contribution in [-0.2, 0) is 19.9 Å². The molecule has 122 valence electrons. The van der Waals surface area contributed by atoms with Gasteiger partial charge in [-0.2, -0.15) is 0 Å². The van der Waals surface area contributed by atoms with Crippen molar-refractivity contribution < 1.29 is 0 Å². The molecule has 1 atom stereocenters. The lowest BCUT2D eigenvalue weighted by Crippen LogP contribution is -2.46. The normalized spacial score (nSPS) is 19.6. The van der Waals surface area contributed by atoms with E-state index in [1.54, 1.807) is 0 Å². The summed E-state index contributed by atoms with van der Waals surface area (Å²) in [7, 11) is 2.04. The highest BCUT2D eigenvalue weighted by molar-refractivity contribution is 5.82. The SMILES string of the molecule is C[C@H]1CCN1c1nc2c(c(-c3ccc4ncn(C)c4c3)n1)CCC2. The molecule has 24 heavy (non-hydrogen) atoms. The van der Waals surface area contributed by atoms with E-state index in [2.05, 4.69) is 39.6 Å². The fraction of sp³-hybridized carbons (Fsp3) is 0.421. The zero-order valence-electron chi connectivity index (χ0n) is 14.2. The maximum Gasteiger partial charge on any atom is 0.226 e. The first kappa shape index (κ1) is 14.0. The van der Waals surface area contributed by atoms with E-state index in [4.69, 9.17) is 9.97 Å². The van der Waals surface area contributed by atoms with Gasteiger partial charge in [-0.3, -0.25) is 0 Å². The van der Waals surface area contributed by atoms with Gasteiger partial charge < -0.3 is 9.47 Å². The highest BCUT2D eigenvalue weighted by Gasteiger charge is 2.29. The predicted molar refractivity (Wildman–Crippen MR) is 95.2 cm³/mol. The molecule has 2 aliphatic rings. The van der Waals surface area contributed by atoms with E-state index < -0.39 is 0 Å². The molecule has 0 N–H and O–H groups in total. The summed E-state index contributed by atoms with van der Waals surface area (Å²) in [6.45, 7) is 3.32. The number of imidazole rings is 1. The number of aryl methyl sites for hydroxylation is 2. The molecule has 0 bridgehead atoms. The van der Waals surface area contributed by atoms with Crippen LogP contribution >= 0.6 is 0 Å². The molecule has 5 rings (SSSR count). The molecule has 1 aliphatic carbocycles. The summed E-state index contributed by atoms with van der Waals surface area (Å²) in [5.41, 5.74) is 7.07. The summed E-state index contributed by atoms with van der Waals surface area (Å²) in [6, 6.07) is 7.02. The molecule has 0 radical (unpaired) electrons. The molecular formula is C19H21N5. The number of hydrogen-bond acceptors (Lipinski definition) is 4. The van der Waals surface area contributed by atoms with Crippen molar-refractivity contribution in [2.24, 2.45) is 7.05 Å². The fourth-order valence-corrected chi connectivity index (χ4v) is 3.87. The highest BCUT2D eigenvalue weighted by atomic mass is 15.3. The van der Waals surface area contributed by atoms with Crippen LogP contribution in [0.3, 0.4) is 0 Å². The molecule has 5 heteroatoms. The predicted octanol–water partition coefficient (Wildman–Crippen LogP) is 3.12. The molecule has 1 saturated heterocycles. The first-order valence-electron chi connectivity index (χ1n) is 8.78. The van der Waals surface area contributed by atoms with Crippen molar-refractivity contribution in [1.29, 1.82) is 0 Å². The van der Waals surface area contributed by atoms with Crippen LogP contribution in [-0.4, -0.2) is 32.1 Å². The highest BCUT2D eigenvalue weighted by Crippen LogP contribution is 2.34. The van der Waals surface area contributed by atoms with Gasteiger partial charge in [0.1, 0.15) is 0 Å². The van der Waals surface area contributed by atoms with Crippen LogP contribution in [0, 0.1) is 0 Å². The van der Waals surface area contributed by atoms with Crippen LogP contribution < -0.4 is 4.90 Å². The Balaban J connectivity index is 1.69. The number of anilines is 1. The van der Waals surface area contributed by atoms with Gasteiger partial charge in [-0.15, -0.1) is 0 Å². The molecule has 2 aromatic heterocycles.